The van der Waals surface area contributed by atoms with Crippen LogP contribution in [0.5, 0.6) is 0 Å². The Kier molecular flexibility index (Phi) is 3.40. The molecule has 0 saturated heterocycles. The second kappa shape index (κ2) is 5.08. The molecular weight excluding hydrogens is 288 g/mol. The third-order valence-corrected chi connectivity index (χ3v) is 4.26. The van der Waals surface area contributed by atoms with Crippen molar-refractivity contribution in [3.63, 3.8) is 0 Å². The van der Waals surface area contributed by atoms with Crippen LogP contribution in [0.2, 0.25) is 5.02 Å². The molecule has 1 atom stereocenters. The molecule has 1 heterocycles. The standard InChI is InChI=1S/C16H15ClN2S/c1-10-7-8-14-15(9-10)19(16(20)18-14)11(2)12-5-3-4-6-13(12)17/h3-9,11H,1-2H3,(H,18,20). The number of hydrogen-bond acceptors (Lipinski definition) is 1. The zero-order valence-corrected chi connectivity index (χ0v) is 12.9. The summed E-state index contributed by atoms with van der Waals surface area (Å²) < 4.78 is 2.84. The fourth-order valence-electron chi connectivity index (χ4n) is 2.57. The van der Waals surface area contributed by atoms with Gasteiger partial charge in [0, 0.05) is 5.02 Å². The highest BCUT2D eigenvalue weighted by Gasteiger charge is 2.15. The molecule has 0 radical (unpaired) electrons. The van der Waals surface area contributed by atoms with Crippen molar-refractivity contribution in [2.24, 2.45) is 0 Å². The van der Waals surface area contributed by atoms with Crippen LogP contribution in [0.3, 0.4) is 0 Å². The highest BCUT2D eigenvalue weighted by molar-refractivity contribution is 7.71. The number of H-pyrrole nitrogens is 1. The van der Waals surface area contributed by atoms with Crippen LogP contribution in [-0.4, -0.2) is 9.55 Å². The van der Waals surface area contributed by atoms with Crippen LogP contribution in [0.4, 0.5) is 0 Å². The van der Waals surface area contributed by atoms with Crippen molar-refractivity contribution in [3.05, 3.63) is 63.4 Å². The Morgan fingerprint density at radius 1 is 1.20 bits per heavy atom. The number of benzene rings is 2. The van der Waals surface area contributed by atoms with E-state index in [9.17, 15) is 0 Å². The molecule has 1 aromatic heterocycles. The van der Waals surface area contributed by atoms with Crippen molar-refractivity contribution in [1.82, 2.24) is 9.55 Å². The summed E-state index contributed by atoms with van der Waals surface area (Å²) in [6, 6.07) is 14.3. The fourth-order valence-corrected chi connectivity index (χ4v) is 3.23. The Hall–Kier alpha value is -1.58. The molecule has 0 aliphatic carbocycles. The van der Waals surface area contributed by atoms with Gasteiger partial charge in [0.15, 0.2) is 4.77 Å². The summed E-state index contributed by atoms with van der Waals surface area (Å²) in [5, 5.41) is 0.768. The van der Waals surface area contributed by atoms with Gasteiger partial charge in [-0.1, -0.05) is 35.9 Å². The lowest BCUT2D eigenvalue weighted by atomic mass is 10.1. The van der Waals surface area contributed by atoms with E-state index < -0.39 is 0 Å². The maximum absolute atomic E-state index is 6.31. The summed E-state index contributed by atoms with van der Waals surface area (Å²) in [6.45, 7) is 4.20. The molecule has 0 amide bonds. The average Bonchev–Trinajstić information content (AvgIpc) is 2.74. The SMILES string of the molecule is Cc1ccc2[nH]c(=S)n(C(C)c3ccccc3Cl)c2c1. The van der Waals surface area contributed by atoms with E-state index >= 15 is 0 Å². The molecule has 20 heavy (non-hydrogen) atoms. The van der Waals surface area contributed by atoms with Gasteiger partial charge in [-0.2, -0.15) is 0 Å². The summed E-state index contributed by atoms with van der Waals surface area (Å²) in [6.07, 6.45) is 0. The molecule has 0 fully saturated rings. The van der Waals surface area contributed by atoms with E-state index in [1.54, 1.807) is 0 Å². The number of imidazole rings is 1. The van der Waals surface area contributed by atoms with Crippen LogP contribution in [-0.2, 0) is 0 Å². The van der Waals surface area contributed by atoms with E-state index in [0.717, 1.165) is 26.4 Å². The molecule has 0 bridgehead atoms. The zero-order chi connectivity index (χ0) is 14.3. The molecule has 0 spiro atoms. The Morgan fingerprint density at radius 2 is 1.95 bits per heavy atom. The van der Waals surface area contributed by atoms with E-state index in [4.69, 9.17) is 23.8 Å². The Balaban J connectivity index is 2.24. The molecule has 0 aliphatic heterocycles. The largest absolute Gasteiger partial charge is 0.331 e. The predicted octanol–water partition coefficient (Wildman–Crippen LogP) is 5.27. The molecule has 102 valence electrons. The number of aromatic nitrogens is 2. The highest BCUT2D eigenvalue weighted by atomic mass is 35.5. The molecule has 4 heteroatoms. The number of nitrogens with one attached hydrogen (secondary N) is 1. The minimum absolute atomic E-state index is 0.0896. The van der Waals surface area contributed by atoms with Gasteiger partial charge in [0.05, 0.1) is 17.1 Å². The van der Waals surface area contributed by atoms with E-state index in [-0.39, 0.29) is 6.04 Å². The molecule has 2 aromatic carbocycles. The highest BCUT2D eigenvalue weighted by Crippen LogP contribution is 2.29. The summed E-state index contributed by atoms with van der Waals surface area (Å²) >= 11 is 11.8. The first-order valence-electron chi connectivity index (χ1n) is 6.53. The number of nitrogens with zero attached hydrogens (tertiary/aromatic N) is 1. The van der Waals surface area contributed by atoms with Gasteiger partial charge in [0.25, 0.3) is 0 Å². The van der Waals surface area contributed by atoms with Gasteiger partial charge in [-0.25, -0.2) is 0 Å². The Bertz CT molecular complexity index is 832. The predicted molar refractivity (Wildman–Crippen MR) is 87.1 cm³/mol. The normalized spacial score (nSPS) is 12.8. The van der Waals surface area contributed by atoms with E-state index in [1.165, 1.54) is 5.56 Å². The monoisotopic (exact) mass is 302 g/mol. The maximum atomic E-state index is 6.31. The van der Waals surface area contributed by atoms with Crippen LogP contribution in [0, 0.1) is 11.7 Å². The van der Waals surface area contributed by atoms with Crippen molar-refractivity contribution in [2.75, 3.05) is 0 Å². The minimum atomic E-state index is 0.0896. The molecule has 2 nitrogen and oxygen atoms in total. The van der Waals surface area contributed by atoms with Crippen molar-refractivity contribution in [1.29, 1.82) is 0 Å². The van der Waals surface area contributed by atoms with Gasteiger partial charge in [-0.05, 0) is 55.4 Å². The summed E-state index contributed by atoms with van der Waals surface area (Å²) in [7, 11) is 0. The second-order valence-corrected chi connectivity index (χ2v) is 5.81. The summed E-state index contributed by atoms with van der Waals surface area (Å²) in [5.41, 5.74) is 4.46. The Morgan fingerprint density at radius 3 is 2.70 bits per heavy atom. The smallest absolute Gasteiger partial charge is 0.178 e. The lowest BCUT2D eigenvalue weighted by molar-refractivity contribution is 0.649. The van der Waals surface area contributed by atoms with Gasteiger partial charge in [-0.15, -0.1) is 0 Å². The van der Waals surface area contributed by atoms with Crippen LogP contribution in [0.15, 0.2) is 42.5 Å². The maximum Gasteiger partial charge on any atom is 0.178 e. The first-order chi connectivity index (χ1) is 9.58. The van der Waals surface area contributed by atoms with Crippen molar-refractivity contribution < 1.29 is 0 Å². The van der Waals surface area contributed by atoms with Crippen molar-refractivity contribution in [2.45, 2.75) is 19.9 Å². The van der Waals surface area contributed by atoms with Gasteiger partial charge in [0.2, 0.25) is 0 Å². The van der Waals surface area contributed by atoms with Crippen molar-refractivity contribution >= 4 is 34.9 Å². The molecule has 3 rings (SSSR count). The van der Waals surface area contributed by atoms with Crippen molar-refractivity contribution in [3.8, 4) is 0 Å². The quantitative estimate of drug-likeness (QED) is 0.640. The van der Waals surface area contributed by atoms with Gasteiger partial charge >= 0.3 is 0 Å². The van der Waals surface area contributed by atoms with E-state index in [2.05, 4.69) is 41.6 Å². The minimum Gasteiger partial charge on any atom is -0.331 e. The number of fused-ring (bicyclic) bond motifs is 1. The van der Waals surface area contributed by atoms with Gasteiger partial charge in [0.1, 0.15) is 0 Å². The Labute approximate surface area is 128 Å². The fraction of sp³-hybridized carbons (Fsp3) is 0.188. The summed E-state index contributed by atoms with van der Waals surface area (Å²) in [5.74, 6) is 0. The van der Waals surface area contributed by atoms with Crippen LogP contribution in [0.25, 0.3) is 11.0 Å². The molecule has 0 saturated carbocycles. The zero-order valence-electron chi connectivity index (χ0n) is 11.4. The van der Waals surface area contributed by atoms with Gasteiger partial charge in [-0.3, -0.25) is 0 Å². The van der Waals surface area contributed by atoms with Crippen LogP contribution < -0.4 is 0 Å². The van der Waals surface area contributed by atoms with Crippen LogP contribution in [0.1, 0.15) is 24.1 Å². The lowest BCUT2D eigenvalue weighted by Gasteiger charge is -2.16. The second-order valence-electron chi connectivity index (χ2n) is 5.02. The number of aromatic amines is 1. The first-order valence-corrected chi connectivity index (χ1v) is 7.32. The molecular formula is C16H15ClN2S. The number of halogens is 1. The average molecular weight is 303 g/mol. The lowest BCUT2D eigenvalue weighted by Crippen LogP contribution is -2.07. The number of aryl methyl sites for hydroxylation is 1. The first kappa shape index (κ1) is 13.4. The molecule has 0 aliphatic rings. The molecule has 3 aromatic rings. The topological polar surface area (TPSA) is 20.7 Å². The number of hydrogen-bond donors (Lipinski definition) is 1. The molecule has 1 unspecified atom stereocenters. The van der Waals surface area contributed by atoms with E-state index in [1.807, 2.05) is 24.3 Å². The van der Waals surface area contributed by atoms with Gasteiger partial charge < -0.3 is 9.55 Å². The number of rotatable bonds is 2. The third kappa shape index (κ3) is 2.17. The third-order valence-electron chi connectivity index (χ3n) is 3.62. The van der Waals surface area contributed by atoms with Crippen LogP contribution >= 0.6 is 23.8 Å². The summed E-state index contributed by atoms with van der Waals surface area (Å²) in [4.78, 5) is 3.26. The molecule has 1 N–H and O–H groups in total. The van der Waals surface area contributed by atoms with E-state index in [0.29, 0.717) is 0 Å².